The lowest BCUT2D eigenvalue weighted by atomic mass is 9.79. The molecule has 1 amide bonds. The molecule has 0 radical (unpaired) electrons. The van der Waals surface area contributed by atoms with Gasteiger partial charge >= 0.3 is 6.09 Å². The normalized spacial score (nSPS) is 21.6. The number of amides is 1. The van der Waals surface area contributed by atoms with Gasteiger partial charge in [0.2, 0.25) is 0 Å². The Morgan fingerprint density at radius 3 is 2.19 bits per heavy atom. The van der Waals surface area contributed by atoms with Crippen LogP contribution in [0.4, 0.5) is 10.5 Å². The van der Waals surface area contributed by atoms with E-state index in [2.05, 4.69) is 91.7 Å². The highest BCUT2D eigenvalue weighted by Crippen LogP contribution is 2.44. The van der Waals surface area contributed by atoms with Crippen molar-refractivity contribution in [2.45, 2.75) is 58.4 Å². The number of carboxylic acid groups (broad SMARTS) is 1. The van der Waals surface area contributed by atoms with Crippen LogP contribution < -0.4 is 5.32 Å². The minimum atomic E-state index is -1.00. The smallest absolute Gasteiger partial charge is 0.409 e. The van der Waals surface area contributed by atoms with Crippen LogP contribution in [0.1, 0.15) is 61.4 Å². The van der Waals surface area contributed by atoms with Gasteiger partial charge in [0.15, 0.2) is 0 Å². The zero-order valence-corrected chi connectivity index (χ0v) is 22.4. The third-order valence-electron chi connectivity index (χ3n) is 8.52. The van der Waals surface area contributed by atoms with E-state index in [9.17, 15) is 9.90 Å². The van der Waals surface area contributed by atoms with Gasteiger partial charge in [-0.3, -0.25) is 10.2 Å². The molecule has 37 heavy (non-hydrogen) atoms. The molecule has 5 rings (SSSR count). The number of fused-ring (bicyclic) bond motifs is 2. The average molecular weight is 497 g/mol. The van der Waals surface area contributed by atoms with Gasteiger partial charge in [-0.25, -0.2) is 4.79 Å². The van der Waals surface area contributed by atoms with Gasteiger partial charge in [-0.2, -0.15) is 0 Å². The molecule has 2 unspecified atom stereocenters. The number of anilines is 1. The first-order valence-corrected chi connectivity index (χ1v) is 13.7. The van der Waals surface area contributed by atoms with Crippen LogP contribution in [0.3, 0.4) is 0 Å². The SMILES string of the molecule is CC(C)(C)c1ccc(Cc2c(CC3C4CCC3CN(Cc3ccccc3)C4)cccc2NC(=O)O)cc1. The molecular formula is C33H40N2O2. The molecule has 2 fully saturated rings. The highest BCUT2D eigenvalue weighted by molar-refractivity contribution is 5.84. The second kappa shape index (κ2) is 10.7. The Bertz CT molecular complexity index is 1200. The summed E-state index contributed by atoms with van der Waals surface area (Å²) >= 11 is 0. The number of rotatable bonds is 7. The number of hydrogen-bond donors (Lipinski definition) is 2. The topological polar surface area (TPSA) is 52.6 Å². The summed E-state index contributed by atoms with van der Waals surface area (Å²) in [5, 5.41) is 12.2. The molecular weight excluding hydrogens is 456 g/mol. The Morgan fingerprint density at radius 1 is 0.892 bits per heavy atom. The predicted molar refractivity (Wildman–Crippen MR) is 151 cm³/mol. The fourth-order valence-electron chi connectivity index (χ4n) is 6.58. The van der Waals surface area contributed by atoms with Crippen LogP contribution in [-0.4, -0.2) is 29.2 Å². The first kappa shape index (κ1) is 25.5. The molecule has 0 aromatic heterocycles. The lowest BCUT2D eigenvalue weighted by Gasteiger charge is -2.38. The molecule has 1 saturated carbocycles. The molecule has 2 N–H and O–H groups in total. The maximum atomic E-state index is 11.6. The van der Waals surface area contributed by atoms with E-state index >= 15 is 0 Å². The summed E-state index contributed by atoms with van der Waals surface area (Å²) in [6, 6.07) is 25.8. The van der Waals surface area contributed by atoms with Crippen LogP contribution >= 0.6 is 0 Å². The maximum absolute atomic E-state index is 11.6. The van der Waals surface area contributed by atoms with Gasteiger partial charge < -0.3 is 5.11 Å². The zero-order chi connectivity index (χ0) is 26.0. The number of nitrogens with one attached hydrogen (secondary N) is 1. The van der Waals surface area contributed by atoms with E-state index in [1.807, 2.05) is 12.1 Å². The molecule has 3 aromatic carbocycles. The third-order valence-corrected chi connectivity index (χ3v) is 8.52. The summed E-state index contributed by atoms with van der Waals surface area (Å²) in [6.45, 7) is 10.0. The van der Waals surface area contributed by atoms with E-state index in [4.69, 9.17) is 0 Å². The molecule has 2 aliphatic rings. The van der Waals surface area contributed by atoms with Gasteiger partial charge in [0.25, 0.3) is 0 Å². The van der Waals surface area contributed by atoms with E-state index in [1.165, 1.54) is 35.1 Å². The van der Waals surface area contributed by atoms with Crippen molar-refractivity contribution in [2.24, 2.45) is 17.8 Å². The van der Waals surface area contributed by atoms with Crippen LogP contribution in [0.25, 0.3) is 0 Å². The molecule has 1 heterocycles. The molecule has 0 spiro atoms. The standard InChI is InChI=1S/C33H40N2O2/c1-33(2,3)28-16-12-23(13-17-28)18-30-25(10-7-11-31(30)34-32(36)37)19-29-26-14-15-27(29)22-35(21-26)20-24-8-5-4-6-9-24/h4-13,16-17,26-27,29,34H,14-15,18-22H2,1-3H3,(H,36,37). The Balaban J connectivity index is 1.35. The van der Waals surface area contributed by atoms with Crippen molar-refractivity contribution in [1.29, 1.82) is 0 Å². The molecule has 3 aromatic rings. The van der Waals surface area contributed by atoms with E-state index in [-0.39, 0.29) is 5.41 Å². The summed E-state index contributed by atoms with van der Waals surface area (Å²) in [7, 11) is 0. The largest absolute Gasteiger partial charge is 0.465 e. The Labute approximate surface area is 221 Å². The lowest BCUT2D eigenvalue weighted by molar-refractivity contribution is 0.103. The summed E-state index contributed by atoms with van der Waals surface area (Å²) in [5.74, 6) is 2.07. The third kappa shape index (κ3) is 6.07. The van der Waals surface area contributed by atoms with E-state index in [0.29, 0.717) is 17.8 Å². The van der Waals surface area contributed by atoms with Crippen molar-refractivity contribution >= 4 is 11.8 Å². The van der Waals surface area contributed by atoms with E-state index in [0.717, 1.165) is 43.7 Å². The molecule has 4 nitrogen and oxygen atoms in total. The first-order valence-electron chi connectivity index (χ1n) is 13.7. The zero-order valence-electron chi connectivity index (χ0n) is 22.4. The Kier molecular flexibility index (Phi) is 7.39. The highest BCUT2D eigenvalue weighted by Gasteiger charge is 2.41. The molecule has 2 atom stereocenters. The lowest BCUT2D eigenvalue weighted by Crippen LogP contribution is -2.42. The van der Waals surface area contributed by atoms with Crippen molar-refractivity contribution in [2.75, 3.05) is 18.4 Å². The van der Waals surface area contributed by atoms with Crippen molar-refractivity contribution in [3.05, 3.63) is 101 Å². The van der Waals surface area contributed by atoms with Crippen LogP contribution in [0, 0.1) is 17.8 Å². The van der Waals surface area contributed by atoms with Crippen molar-refractivity contribution in [3.63, 3.8) is 0 Å². The summed E-state index contributed by atoms with van der Waals surface area (Å²) < 4.78 is 0. The fourth-order valence-corrected chi connectivity index (χ4v) is 6.58. The number of benzene rings is 3. The van der Waals surface area contributed by atoms with Gasteiger partial charge in [-0.1, -0.05) is 87.5 Å². The van der Waals surface area contributed by atoms with Gasteiger partial charge in [-0.15, -0.1) is 0 Å². The second-order valence-corrected chi connectivity index (χ2v) is 12.1. The van der Waals surface area contributed by atoms with Crippen molar-refractivity contribution in [3.8, 4) is 0 Å². The Morgan fingerprint density at radius 2 is 1.57 bits per heavy atom. The number of hydrogen-bond acceptors (Lipinski definition) is 2. The fraction of sp³-hybridized carbons (Fsp3) is 0.424. The van der Waals surface area contributed by atoms with Gasteiger partial charge in [0, 0.05) is 25.3 Å². The Hall–Kier alpha value is -3.11. The van der Waals surface area contributed by atoms with Crippen LogP contribution in [0.5, 0.6) is 0 Å². The average Bonchev–Trinajstić information content (AvgIpc) is 3.08. The van der Waals surface area contributed by atoms with Crippen molar-refractivity contribution in [1.82, 2.24) is 4.90 Å². The molecule has 194 valence electrons. The number of likely N-dealkylation sites (tertiary alicyclic amines) is 1. The van der Waals surface area contributed by atoms with Crippen LogP contribution in [0.2, 0.25) is 0 Å². The van der Waals surface area contributed by atoms with Gasteiger partial charge in [0.1, 0.15) is 0 Å². The molecule has 4 heteroatoms. The highest BCUT2D eigenvalue weighted by atomic mass is 16.4. The summed E-state index contributed by atoms with van der Waals surface area (Å²) in [4.78, 5) is 14.3. The van der Waals surface area contributed by atoms with E-state index < -0.39 is 6.09 Å². The molecule has 2 bridgehead atoms. The van der Waals surface area contributed by atoms with E-state index in [1.54, 1.807) is 0 Å². The minimum absolute atomic E-state index is 0.112. The molecule has 1 aliphatic carbocycles. The molecule has 1 saturated heterocycles. The maximum Gasteiger partial charge on any atom is 0.409 e. The monoisotopic (exact) mass is 496 g/mol. The number of nitrogens with zero attached hydrogens (tertiary/aromatic N) is 1. The van der Waals surface area contributed by atoms with Crippen LogP contribution in [-0.2, 0) is 24.8 Å². The van der Waals surface area contributed by atoms with Gasteiger partial charge in [-0.05, 0) is 82.7 Å². The van der Waals surface area contributed by atoms with Gasteiger partial charge in [0.05, 0.1) is 0 Å². The minimum Gasteiger partial charge on any atom is -0.465 e. The van der Waals surface area contributed by atoms with Crippen molar-refractivity contribution < 1.29 is 9.90 Å². The summed E-state index contributed by atoms with van der Waals surface area (Å²) in [5.41, 5.74) is 7.18. The number of piperidine rings is 1. The van der Waals surface area contributed by atoms with Crippen LogP contribution in [0.15, 0.2) is 72.8 Å². The first-order chi connectivity index (χ1) is 17.8. The summed E-state index contributed by atoms with van der Waals surface area (Å²) in [6.07, 6.45) is 3.36. The second-order valence-electron chi connectivity index (χ2n) is 12.1. The predicted octanol–water partition coefficient (Wildman–Crippen LogP) is 7.37. The number of carbonyl (C=O) groups is 1. The molecule has 1 aliphatic heterocycles. The quantitative estimate of drug-likeness (QED) is 0.359.